The van der Waals surface area contributed by atoms with E-state index in [2.05, 4.69) is 45.1 Å². The van der Waals surface area contributed by atoms with Crippen molar-refractivity contribution in [3.8, 4) is 0 Å². The van der Waals surface area contributed by atoms with Gasteiger partial charge in [0.15, 0.2) is 6.10 Å². The zero-order chi connectivity index (χ0) is 59.9. The topological polar surface area (TPSA) is 78.9 Å². The fraction of sp³-hybridized carbons (Fsp3) is 0.909. The second-order valence-electron chi connectivity index (χ2n) is 25.9. The van der Waals surface area contributed by atoms with Gasteiger partial charge in [-0.05, 0) is 51.4 Å². The van der Waals surface area contributed by atoms with E-state index in [0.29, 0.717) is 19.3 Å². The molecule has 0 bridgehead atoms. The van der Waals surface area contributed by atoms with Gasteiger partial charge in [0, 0.05) is 19.3 Å². The third-order valence-corrected chi connectivity index (χ3v) is 17.5. The van der Waals surface area contributed by atoms with E-state index in [4.69, 9.17) is 14.2 Å². The molecule has 0 aromatic heterocycles. The first-order valence-corrected chi connectivity index (χ1v) is 37.8. The normalized spacial score (nSPS) is 12.1. The monoisotopic (exact) mass is 1170 g/mol. The van der Waals surface area contributed by atoms with Crippen LogP contribution < -0.4 is 0 Å². The number of carbonyl (C=O) groups is 3. The summed E-state index contributed by atoms with van der Waals surface area (Å²) in [5.74, 6) is -0.835. The molecule has 490 valence electrons. The van der Waals surface area contributed by atoms with Crippen molar-refractivity contribution in [2.45, 2.75) is 438 Å². The number of esters is 3. The number of hydrogen-bond acceptors (Lipinski definition) is 6. The Morgan fingerprint density at radius 1 is 0.241 bits per heavy atom. The lowest BCUT2D eigenvalue weighted by molar-refractivity contribution is -0.167. The van der Waals surface area contributed by atoms with Crippen LogP contribution in [0.4, 0.5) is 0 Å². The van der Waals surface area contributed by atoms with Crippen LogP contribution >= 0.6 is 0 Å². The first-order valence-electron chi connectivity index (χ1n) is 37.8. The minimum Gasteiger partial charge on any atom is -0.462 e. The van der Waals surface area contributed by atoms with E-state index in [0.717, 1.165) is 64.2 Å². The third kappa shape index (κ3) is 70.5. The van der Waals surface area contributed by atoms with Crippen molar-refractivity contribution in [3.63, 3.8) is 0 Å². The molecule has 0 fully saturated rings. The maximum Gasteiger partial charge on any atom is 0.306 e. The van der Waals surface area contributed by atoms with Crippen molar-refractivity contribution >= 4 is 17.9 Å². The first kappa shape index (κ1) is 80.9. The highest BCUT2D eigenvalue weighted by Crippen LogP contribution is 2.19. The van der Waals surface area contributed by atoms with Gasteiger partial charge in [-0.25, -0.2) is 0 Å². The number of unbranched alkanes of at least 4 members (excludes halogenated alkanes) is 56. The molecule has 0 aliphatic rings. The van der Waals surface area contributed by atoms with Crippen LogP contribution in [-0.4, -0.2) is 37.2 Å². The van der Waals surface area contributed by atoms with Crippen molar-refractivity contribution < 1.29 is 28.6 Å². The van der Waals surface area contributed by atoms with Gasteiger partial charge in [0.25, 0.3) is 0 Å². The van der Waals surface area contributed by atoms with E-state index in [1.807, 2.05) is 0 Å². The lowest BCUT2D eigenvalue weighted by atomic mass is 10.0. The standard InChI is InChI=1S/C77H146O6/c1-4-7-10-13-16-19-22-24-26-28-30-32-34-35-36-37-38-39-40-41-43-44-46-48-50-52-55-58-61-64-67-70-76(79)82-73-74(72-81-75(78)69-66-63-60-57-54-21-18-15-12-9-6-3)83-77(80)71-68-65-62-59-56-53-51-49-47-45-42-33-31-29-27-25-23-20-17-14-11-8-5-2/h23,25,29,31,74H,4-22,24,26-28,30,32-73H2,1-3H3/b25-23-,31-29-. The van der Waals surface area contributed by atoms with Crippen molar-refractivity contribution in [3.05, 3.63) is 24.3 Å². The molecular weight excluding hydrogens is 1020 g/mol. The summed E-state index contributed by atoms with van der Waals surface area (Å²) in [6.07, 6.45) is 89.5. The Bertz CT molecular complexity index is 1340. The smallest absolute Gasteiger partial charge is 0.306 e. The highest BCUT2D eigenvalue weighted by atomic mass is 16.6. The second kappa shape index (κ2) is 72.4. The van der Waals surface area contributed by atoms with Crippen LogP contribution in [0.25, 0.3) is 0 Å². The average molecular weight is 1170 g/mol. The van der Waals surface area contributed by atoms with Crippen LogP contribution in [0, 0.1) is 0 Å². The second-order valence-corrected chi connectivity index (χ2v) is 25.9. The summed E-state index contributed by atoms with van der Waals surface area (Å²) in [5, 5.41) is 0. The number of hydrogen-bond donors (Lipinski definition) is 0. The van der Waals surface area contributed by atoms with E-state index < -0.39 is 6.10 Å². The summed E-state index contributed by atoms with van der Waals surface area (Å²) >= 11 is 0. The van der Waals surface area contributed by atoms with Crippen molar-refractivity contribution in [2.75, 3.05) is 13.2 Å². The maximum absolute atomic E-state index is 13.0. The Balaban J connectivity index is 4.10. The molecule has 0 aliphatic heterocycles. The van der Waals surface area contributed by atoms with E-state index in [-0.39, 0.29) is 31.1 Å². The summed E-state index contributed by atoms with van der Waals surface area (Å²) in [7, 11) is 0. The van der Waals surface area contributed by atoms with Crippen LogP contribution in [0.2, 0.25) is 0 Å². The van der Waals surface area contributed by atoms with Gasteiger partial charge in [0.1, 0.15) is 13.2 Å². The molecule has 0 aromatic carbocycles. The number of rotatable bonds is 71. The van der Waals surface area contributed by atoms with E-state index in [9.17, 15) is 14.4 Å². The predicted octanol–water partition coefficient (Wildman–Crippen LogP) is 26.1. The highest BCUT2D eigenvalue weighted by molar-refractivity contribution is 5.71. The van der Waals surface area contributed by atoms with Crippen LogP contribution in [0.1, 0.15) is 432 Å². The number of ether oxygens (including phenoxy) is 3. The molecular formula is C77H146O6. The first-order chi connectivity index (χ1) is 41.0. The van der Waals surface area contributed by atoms with E-state index >= 15 is 0 Å². The van der Waals surface area contributed by atoms with Crippen LogP contribution in [0.5, 0.6) is 0 Å². The highest BCUT2D eigenvalue weighted by Gasteiger charge is 2.20. The lowest BCUT2D eigenvalue weighted by Gasteiger charge is -2.18. The molecule has 6 heteroatoms. The molecule has 0 radical (unpaired) electrons. The Kier molecular flexibility index (Phi) is 70.5. The van der Waals surface area contributed by atoms with Crippen molar-refractivity contribution in [2.24, 2.45) is 0 Å². The molecule has 0 heterocycles. The van der Waals surface area contributed by atoms with Gasteiger partial charge >= 0.3 is 17.9 Å². The quantitative estimate of drug-likeness (QED) is 0.0261. The molecule has 0 saturated heterocycles. The SMILES string of the molecule is CCCCCCC/C=C\C/C=C\CCCCCCCCCCCCCC(=O)OC(COC(=O)CCCCCCCCCCCCC)COC(=O)CCCCCCCCCCCCCCCCCCCCCCCCCCCCCCCCC. The van der Waals surface area contributed by atoms with Crippen LogP contribution in [0.15, 0.2) is 24.3 Å². The summed E-state index contributed by atoms with van der Waals surface area (Å²) in [4.78, 5) is 38.4. The van der Waals surface area contributed by atoms with Crippen LogP contribution in [0.3, 0.4) is 0 Å². The Morgan fingerprint density at radius 3 is 0.663 bits per heavy atom. The Hall–Kier alpha value is -2.11. The molecule has 0 N–H and O–H groups in total. The van der Waals surface area contributed by atoms with Crippen molar-refractivity contribution in [1.29, 1.82) is 0 Å². The molecule has 1 atom stereocenters. The molecule has 0 spiro atoms. The average Bonchev–Trinajstić information content (AvgIpc) is 3.48. The minimum atomic E-state index is -0.769. The van der Waals surface area contributed by atoms with E-state index in [1.165, 1.54) is 327 Å². The summed E-state index contributed by atoms with van der Waals surface area (Å²) in [6, 6.07) is 0. The fourth-order valence-electron chi connectivity index (χ4n) is 11.8. The van der Waals surface area contributed by atoms with Gasteiger partial charge in [-0.1, -0.05) is 385 Å². The van der Waals surface area contributed by atoms with E-state index in [1.54, 1.807) is 0 Å². The summed E-state index contributed by atoms with van der Waals surface area (Å²) in [5.41, 5.74) is 0. The summed E-state index contributed by atoms with van der Waals surface area (Å²) < 4.78 is 17.0. The van der Waals surface area contributed by atoms with Crippen LogP contribution in [-0.2, 0) is 28.6 Å². The minimum absolute atomic E-state index is 0.0653. The summed E-state index contributed by atoms with van der Waals surface area (Å²) in [6.45, 7) is 6.71. The largest absolute Gasteiger partial charge is 0.462 e. The molecule has 0 aromatic rings. The lowest BCUT2D eigenvalue weighted by Crippen LogP contribution is -2.30. The van der Waals surface area contributed by atoms with Gasteiger partial charge in [-0.2, -0.15) is 0 Å². The molecule has 0 amide bonds. The van der Waals surface area contributed by atoms with Gasteiger partial charge in [0.2, 0.25) is 0 Å². The van der Waals surface area contributed by atoms with Gasteiger partial charge in [0.05, 0.1) is 0 Å². The Labute approximate surface area is 519 Å². The zero-order valence-electron chi connectivity index (χ0n) is 56.5. The number of allylic oxidation sites excluding steroid dienone is 4. The fourth-order valence-corrected chi connectivity index (χ4v) is 11.8. The zero-order valence-corrected chi connectivity index (χ0v) is 56.5. The molecule has 0 saturated carbocycles. The molecule has 0 rings (SSSR count). The molecule has 83 heavy (non-hydrogen) atoms. The molecule has 6 nitrogen and oxygen atoms in total. The molecule has 1 unspecified atom stereocenters. The Morgan fingerprint density at radius 2 is 0.434 bits per heavy atom. The van der Waals surface area contributed by atoms with Crippen molar-refractivity contribution in [1.82, 2.24) is 0 Å². The molecule has 0 aliphatic carbocycles. The number of carbonyl (C=O) groups excluding carboxylic acids is 3. The predicted molar refractivity (Wildman–Crippen MR) is 363 cm³/mol. The van der Waals surface area contributed by atoms with Gasteiger partial charge in [-0.3, -0.25) is 14.4 Å². The van der Waals surface area contributed by atoms with Gasteiger partial charge in [-0.15, -0.1) is 0 Å². The van der Waals surface area contributed by atoms with Gasteiger partial charge < -0.3 is 14.2 Å². The third-order valence-electron chi connectivity index (χ3n) is 17.5. The maximum atomic E-state index is 13.0.